The number of hydrogen-bond acceptors (Lipinski definition) is 5. The Morgan fingerprint density at radius 1 is 1.13 bits per heavy atom. The molecule has 2 fully saturated rings. The van der Waals surface area contributed by atoms with E-state index in [4.69, 9.17) is 0 Å². The van der Waals surface area contributed by atoms with Gasteiger partial charge in [0, 0.05) is 41.7 Å². The fraction of sp³-hybridized carbons (Fsp3) is 0.458. The molecule has 5 rings (SSSR count). The number of amides is 1. The molecule has 0 radical (unpaired) electrons. The van der Waals surface area contributed by atoms with Gasteiger partial charge in [0.2, 0.25) is 0 Å². The van der Waals surface area contributed by atoms with E-state index in [1.807, 2.05) is 36.9 Å². The summed E-state index contributed by atoms with van der Waals surface area (Å²) in [7, 11) is 0. The Hall–Kier alpha value is -2.18. The summed E-state index contributed by atoms with van der Waals surface area (Å²) >= 11 is 1.57. The Morgan fingerprint density at radius 2 is 1.87 bits per heavy atom. The van der Waals surface area contributed by atoms with E-state index in [2.05, 4.69) is 22.3 Å². The van der Waals surface area contributed by atoms with E-state index in [-0.39, 0.29) is 5.91 Å². The van der Waals surface area contributed by atoms with Gasteiger partial charge in [-0.05, 0) is 69.9 Å². The molecule has 6 heteroatoms. The number of rotatable bonds is 4. The van der Waals surface area contributed by atoms with Crippen molar-refractivity contribution in [3.8, 4) is 5.75 Å². The molecule has 0 aromatic heterocycles. The van der Waals surface area contributed by atoms with Gasteiger partial charge < -0.3 is 20.2 Å². The number of nitrogens with zero attached hydrogens (tertiary/aromatic N) is 2. The highest BCUT2D eigenvalue weighted by Gasteiger charge is 2.39. The maximum absolute atomic E-state index is 12.9. The number of fused-ring (bicyclic) bond motifs is 4. The minimum atomic E-state index is 0.0675. The minimum Gasteiger partial charge on any atom is -0.507 e. The van der Waals surface area contributed by atoms with E-state index in [0.717, 1.165) is 34.0 Å². The van der Waals surface area contributed by atoms with Crippen molar-refractivity contribution in [1.82, 2.24) is 10.2 Å². The summed E-state index contributed by atoms with van der Waals surface area (Å²) in [6.07, 6.45) is 4.72. The van der Waals surface area contributed by atoms with E-state index in [0.29, 0.717) is 42.5 Å². The lowest BCUT2D eigenvalue weighted by Gasteiger charge is -2.42. The second-order valence-corrected chi connectivity index (χ2v) is 9.57. The molecular weight excluding hydrogens is 394 g/mol. The Kier molecular flexibility index (Phi) is 5.15. The zero-order valence-electron chi connectivity index (χ0n) is 17.6. The van der Waals surface area contributed by atoms with Gasteiger partial charge in [0.15, 0.2) is 0 Å². The summed E-state index contributed by atoms with van der Waals surface area (Å²) in [5.74, 6) is 0.378. The molecule has 0 spiro atoms. The molecule has 3 aliphatic rings. The van der Waals surface area contributed by atoms with Crippen LogP contribution in [0.5, 0.6) is 5.75 Å². The van der Waals surface area contributed by atoms with Gasteiger partial charge in [-0.3, -0.25) is 4.79 Å². The molecule has 0 saturated carbocycles. The summed E-state index contributed by atoms with van der Waals surface area (Å²) in [5.41, 5.74) is 2.95. The Labute approximate surface area is 182 Å². The molecule has 2 atom stereocenters. The average molecular weight is 424 g/mol. The second kappa shape index (κ2) is 7.82. The highest BCUT2D eigenvalue weighted by atomic mass is 32.2. The van der Waals surface area contributed by atoms with E-state index < -0.39 is 0 Å². The van der Waals surface area contributed by atoms with Crippen molar-refractivity contribution in [1.29, 1.82) is 0 Å². The van der Waals surface area contributed by atoms with Crippen LogP contribution in [-0.2, 0) is 0 Å². The largest absolute Gasteiger partial charge is 0.507 e. The van der Waals surface area contributed by atoms with Gasteiger partial charge in [0.05, 0.1) is 16.3 Å². The first-order chi connectivity index (χ1) is 14.6. The molecule has 2 bridgehead atoms. The number of phenolic OH excluding ortho intramolecular Hbond substituents is 1. The Bertz CT molecular complexity index is 963. The molecule has 1 amide bonds. The van der Waals surface area contributed by atoms with Gasteiger partial charge in [0.25, 0.3) is 5.91 Å². The van der Waals surface area contributed by atoms with Crippen molar-refractivity contribution in [2.45, 2.75) is 67.4 Å². The third-order valence-corrected chi connectivity index (χ3v) is 7.94. The van der Waals surface area contributed by atoms with Crippen LogP contribution < -0.4 is 10.2 Å². The molecular formula is C24H29N3O2S. The number of piperidine rings is 1. The lowest BCUT2D eigenvalue weighted by atomic mass is 9.96. The molecule has 2 N–H and O–H groups in total. The van der Waals surface area contributed by atoms with Gasteiger partial charge >= 0.3 is 0 Å². The van der Waals surface area contributed by atoms with Crippen molar-refractivity contribution in [2.75, 3.05) is 18.0 Å². The van der Waals surface area contributed by atoms with Crippen LogP contribution in [0, 0.1) is 0 Å². The monoisotopic (exact) mass is 423 g/mol. The van der Waals surface area contributed by atoms with Gasteiger partial charge in [0.1, 0.15) is 5.75 Å². The van der Waals surface area contributed by atoms with Crippen molar-refractivity contribution < 1.29 is 9.90 Å². The molecule has 3 aliphatic heterocycles. The van der Waals surface area contributed by atoms with Crippen LogP contribution in [0.3, 0.4) is 0 Å². The molecule has 2 aromatic rings. The SMILES string of the molecule is CCN(CC)C(=O)c1ccc2c(c1)Sc1c(O)cccc1N2C1CC2CCC(C1)N2. The number of anilines is 2. The van der Waals surface area contributed by atoms with Crippen LogP contribution in [-0.4, -0.2) is 47.1 Å². The van der Waals surface area contributed by atoms with Gasteiger partial charge in [-0.1, -0.05) is 17.8 Å². The van der Waals surface area contributed by atoms with Crippen molar-refractivity contribution in [3.63, 3.8) is 0 Å². The van der Waals surface area contributed by atoms with Gasteiger partial charge in [-0.25, -0.2) is 0 Å². The minimum absolute atomic E-state index is 0.0675. The van der Waals surface area contributed by atoms with Crippen LogP contribution in [0.15, 0.2) is 46.2 Å². The summed E-state index contributed by atoms with van der Waals surface area (Å²) in [6, 6.07) is 13.4. The third kappa shape index (κ3) is 3.26. The predicted molar refractivity (Wildman–Crippen MR) is 121 cm³/mol. The smallest absolute Gasteiger partial charge is 0.253 e. The molecule has 30 heavy (non-hydrogen) atoms. The van der Waals surface area contributed by atoms with Crippen LogP contribution >= 0.6 is 11.8 Å². The van der Waals surface area contributed by atoms with E-state index in [9.17, 15) is 9.90 Å². The summed E-state index contributed by atoms with van der Waals surface area (Å²) < 4.78 is 0. The van der Waals surface area contributed by atoms with Gasteiger partial charge in [-0.2, -0.15) is 0 Å². The van der Waals surface area contributed by atoms with E-state index >= 15 is 0 Å². The normalized spacial score (nSPS) is 24.3. The zero-order chi connectivity index (χ0) is 20.8. The number of aromatic hydroxyl groups is 1. The highest BCUT2D eigenvalue weighted by Crippen LogP contribution is 2.53. The predicted octanol–water partition coefficient (Wildman–Crippen LogP) is 4.76. The fourth-order valence-corrected chi connectivity index (χ4v) is 6.42. The average Bonchev–Trinajstić information content (AvgIpc) is 3.10. The molecule has 3 heterocycles. The maximum atomic E-state index is 12.9. The van der Waals surface area contributed by atoms with Crippen molar-refractivity contribution >= 4 is 29.0 Å². The highest BCUT2D eigenvalue weighted by molar-refractivity contribution is 7.99. The number of carbonyl (C=O) groups excluding carboxylic acids is 1. The zero-order valence-corrected chi connectivity index (χ0v) is 18.4. The fourth-order valence-electron chi connectivity index (χ4n) is 5.30. The Balaban J connectivity index is 1.57. The molecule has 2 saturated heterocycles. The quantitative estimate of drug-likeness (QED) is 0.743. The second-order valence-electron chi connectivity index (χ2n) is 8.52. The number of phenols is 1. The van der Waals surface area contributed by atoms with Gasteiger partial charge in [-0.15, -0.1) is 0 Å². The van der Waals surface area contributed by atoms with Crippen molar-refractivity contribution in [2.24, 2.45) is 0 Å². The molecule has 0 aliphatic carbocycles. The number of nitrogens with one attached hydrogen (secondary N) is 1. The number of hydrogen-bond donors (Lipinski definition) is 2. The molecule has 5 nitrogen and oxygen atoms in total. The van der Waals surface area contributed by atoms with E-state index in [1.165, 1.54) is 12.8 Å². The first-order valence-corrected chi connectivity index (χ1v) is 11.9. The third-order valence-electron chi connectivity index (χ3n) is 6.78. The van der Waals surface area contributed by atoms with E-state index in [1.54, 1.807) is 17.8 Å². The lowest BCUT2D eigenvalue weighted by molar-refractivity contribution is 0.0773. The van der Waals surface area contributed by atoms with Crippen molar-refractivity contribution in [3.05, 3.63) is 42.0 Å². The maximum Gasteiger partial charge on any atom is 0.253 e. The van der Waals surface area contributed by atoms with Crippen LogP contribution in [0.1, 0.15) is 49.9 Å². The summed E-state index contributed by atoms with van der Waals surface area (Å²) in [4.78, 5) is 19.1. The first kappa shape index (κ1) is 19.8. The lowest BCUT2D eigenvalue weighted by Crippen LogP contribution is -2.47. The molecule has 2 aromatic carbocycles. The summed E-state index contributed by atoms with van der Waals surface area (Å²) in [5, 5.41) is 14.4. The first-order valence-electron chi connectivity index (χ1n) is 11.1. The van der Waals surface area contributed by atoms with Crippen LogP contribution in [0.2, 0.25) is 0 Å². The number of carbonyl (C=O) groups is 1. The van der Waals surface area contributed by atoms with Crippen LogP contribution in [0.4, 0.5) is 11.4 Å². The summed E-state index contributed by atoms with van der Waals surface area (Å²) in [6.45, 7) is 5.42. The topological polar surface area (TPSA) is 55.8 Å². The Morgan fingerprint density at radius 3 is 2.57 bits per heavy atom. The van der Waals surface area contributed by atoms with Crippen LogP contribution in [0.25, 0.3) is 0 Å². The molecule has 2 unspecified atom stereocenters. The molecule has 158 valence electrons. The number of benzene rings is 2. The standard InChI is InChI=1S/C24H29N3O2S/c1-3-26(4-2)24(29)15-8-11-19-22(12-15)30-23-20(6-5-7-21(23)28)27(19)18-13-16-9-10-17(14-18)25-16/h5-8,11-12,16-18,25,28H,3-4,9-10,13-14H2,1-2H3.